The normalized spacial score (nSPS) is 17.2. The summed E-state index contributed by atoms with van der Waals surface area (Å²) >= 11 is 1.49. The van der Waals surface area contributed by atoms with Gasteiger partial charge in [-0.05, 0) is 42.3 Å². The van der Waals surface area contributed by atoms with E-state index < -0.39 is 6.04 Å². The van der Waals surface area contributed by atoms with Gasteiger partial charge >= 0.3 is 0 Å². The zero-order valence-corrected chi connectivity index (χ0v) is 21.0. The first-order valence-electron chi connectivity index (χ1n) is 12.0. The van der Waals surface area contributed by atoms with E-state index in [0.29, 0.717) is 34.8 Å². The minimum Gasteiger partial charge on any atom is -0.454 e. The molecule has 3 aliphatic rings. The van der Waals surface area contributed by atoms with Gasteiger partial charge < -0.3 is 14.8 Å². The first-order chi connectivity index (χ1) is 18.0. The second kappa shape index (κ2) is 9.74. The van der Waals surface area contributed by atoms with Gasteiger partial charge in [-0.1, -0.05) is 59.8 Å². The van der Waals surface area contributed by atoms with Crippen molar-refractivity contribution >= 4 is 40.3 Å². The summed E-state index contributed by atoms with van der Waals surface area (Å²) in [5.41, 5.74) is 4.78. The lowest BCUT2D eigenvalue weighted by molar-refractivity contribution is -0.128. The number of hydrogen-bond acceptors (Lipinski definition) is 7. The van der Waals surface area contributed by atoms with Crippen molar-refractivity contribution in [3.8, 4) is 11.5 Å². The van der Waals surface area contributed by atoms with E-state index in [2.05, 4.69) is 36.5 Å². The van der Waals surface area contributed by atoms with E-state index in [1.807, 2.05) is 42.5 Å². The summed E-state index contributed by atoms with van der Waals surface area (Å²) in [6.07, 6.45) is -0.0402. The lowest BCUT2D eigenvalue weighted by atomic mass is 10.1. The van der Waals surface area contributed by atoms with Crippen LogP contribution >= 0.6 is 11.8 Å². The Labute approximate surface area is 218 Å². The van der Waals surface area contributed by atoms with Crippen LogP contribution in [0.2, 0.25) is 0 Å². The molecule has 3 aromatic rings. The number of carbonyl (C=O) groups is 2. The molecule has 0 saturated heterocycles. The molecule has 8 nitrogen and oxygen atoms in total. The highest BCUT2D eigenvalue weighted by Gasteiger charge is 2.42. The molecule has 1 atom stereocenters. The molecular weight excluding hydrogens is 488 g/mol. The number of amidine groups is 2. The van der Waals surface area contributed by atoms with E-state index in [1.54, 1.807) is 4.90 Å². The molecule has 0 aliphatic carbocycles. The van der Waals surface area contributed by atoms with Gasteiger partial charge in [0.25, 0.3) is 5.91 Å². The maximum Gasteiger partial charge on any atom is 0.259 e. The lowest BCUT2D eigenvalue weighted by Gasteiger charge is -2.25. The van der Waals surface area contributed by atoms with Crippen LogP contribution in [0, 0.1) is 6.92 Å². The zero-order chi connectivity index (χ0) is 25.4. The van der Waals surface area contributed by atoms with E-state index in [0.717, 1.165) is 22.4 Å². The third-order valence-electron chi connectivity index (χ3n) is 6.34. The van der Waals surface area contributed by atoms with Crippen LogP contribution in [-0.2, 0) is 21.9 Å². The van der Waals surface area contributed by atoms with E-state index in [4.69, 9.17) is 19.5 Å². The predicted octanol–water partition coefficient (Wildman–Crippen LogP) is 4.32. The Bertz CT molecular complexity index is 1450. The molecule has 0 unspecified atom stereocenters. The number of aliphatic imine (C=N–C) groups is 2. The average molecular weight is 513 g/mol. The third-order valence-corrected chi connectivity index (χ3v) is 7.35. The summed E-state index contributed by atoms with van der Waals surface area (Å²) < 4.78 is 10.7. The number of fused-ring (bicyclic) bond motifs is 4. The number of nitrogens with zero attached hydrogens (tertiary/aromatic N) is 3. The Morgan fingerprint density at radius 3 is 2.70 bits per heavy atom. The van der Waals surface area contributed by atoms with Gasteiger partial charge in [0, 0.05) is 17.9 Å². The number of benzene rings is 3. The van der Waals surface area contributed by atoms with Crippen molar-refractivity contribution in [3.63, 3.8) is 0 Å². The fourth-order valence-corrected chi connectivity index (χ4v) is 5.32. The van der Waals surface area contributed by atoms with Gasteiger partial charge in [-0.3, -0.25) is 14.6 Å². The van der Waals surface area contributed by atoms with Crippen LogP contribution in [0.1, 0.15) is 28.7 Å². The van der Waals surface area contributed by atoms with Crippen LogP contribution in [-0.4, -0.2) is 40.6 Å². The number of carbonyl (C=O) groups excluding carboxylic acids is 2. The van der Waals surface area contributed by atoms with Gasteiger partial charge in [0.15, 0.2) is 16.7 Å². The summed E-state index contributed by atoms with van der Waals surface area (Å²) in [7, 11) is 0. The molecular formula is C28H24N4O4S. The molecule has 6 rings (SSSR count). The maximum absolute atomic E-state index is 13.5. The molecule has 9 heteroatoms. The van der Waals surface area contributed by atoms with Crippen molar-refractivity contribution in [2.24, 2.45) is 9.98 Å². The second-order valence-electron chi connectivity index (χ2n) is 9.00. The van der Waals surface area contributed by atoms with Gasteiger partial charge in [0.1, 0.15) is 11.9 Å². The fourth-order valence-electron chi connectivity index (χ4n) is 4.36. The number of nitrogens with one attached hydrogen (secondary N) is 1. The van der Waals surface area contributed by atoms with Gasteiger partial charge in [-0.2, -0.15) is 0 Å². The topological polar surface area (TPSA) is 92.6 Å². The van der Waals surface area contributed by atoms with Crippen LogP contribution in [0.15, 0.2) is 76.7 Å². The maximum atomic E-state index is 13.5. The van der Waals surface area contributed by atoms with Crippen molar-refractivity contribution in [3.05, 3.63) is 89.0 Å². The van der Waals surface area contributed by atoms with Crippen LogP contribution in [0.3, 0.4) is 0 Å². The Kier molecular flexibility index (Phi) is 6.13. The van der Waals surface area contributed by atoms with Gasteiger partial charge in [0.05, 0.1) is 12.1 Å². The standard InChI is InChI=1S/C28H24N4O4S/c1-17-6-8-18(9-7-17)15-37-28-31-21-5-3-2-4-20(21)26-30-22(27(34)32(26)28)13-25(33)29-14-19-10-11-23-24(12-19)36-16-35-23/h2-12,22H,13-16H2,1H3,(H,29,33)/t22-/m0/s1. The molecule has 0 fully saturated rings. The average Bonchev–Trinajstić information content (AvgIpc) is 3.51. The van der Waals surface area contributed by atoms with E-state index >= 15 is 0 Å². The molecule has 0 bridgehead atoms. The third kappa shape index (κ3) is 4.70. The molecule has 0 spiro atoms. The largest absolute Gasteiger partial charge is 0.454 e. The molecule has 186 valence electrons. The number of rotatable bonds is 6. The second-order valence-corrected chi connectivity index (χ2v) is 9.94. The van der Waals surface area contributed by atoms with Crippen molar-refractivity contribution < 1.29 is 19.1 Å². The molecule has 37 heavy (non-hydrogen) atoms. The van der Waals surface area contributed by atoms with Crippen molar-refractivity contribution in [1.29, 1.82) is 0 Å². The lowest BCUT2D eigenvalue weighted by Crippen LogP contribution is -2.42. The minimum atomic E-state index is -0.803. The summed E-state index contributed by atoms with van der Waals surface area (Å²) in [6, 6.07) is 20.7. The monoisotopic (exact) mass is 512 g/mol. The predicted molar refractivity (Wildman–Crippen MR) is 142 cm³/mol. The number of para-hydroxylation sites is 1. The molecule has 3 heterocycles. The van der Waals surface area contributed by atoms with Crippen LogP contribution in [0.5, 0.6) is 11.5 Å². The van der Waals surface area contributed by atoms with E-state index in [9.17, 15) is 9.59 Å². The van der Waals surface area contributed by atoms with Crippen LogP contribution in [0.25, 0.3) is 0 Å². The van der Waals surface area contributed by atoms with Gasteiger partial charge in [-0.25, -0.2) is 9.89 Å². The Hall–Kier alpha value is -4.11. The highest BCUT2D eigenvalue weighted by molar-refractivity contribution is 8.13. The highest BCUT2D eigenvalue weighted by Crippen LogP contribution is 2.35. The summed E-state index contributed by atoms with van der Waals surface area (Å²) in [5.74, 6) is 2.08. The van der Waals surface area contributed by atoms with Gasteiger partial charge in [-0.15, -0.1) is 0 Å². The first kappa shape index (κ1) is 23.3. The van der Waals surface area contributed by atoms with E-state index in [1.165, 1.54) is 17.3 Å². The smallest absolute Gasteiger partial charge is 0.259 e. The summed E-state index contributed by atoms with van der Waals surface area (Å²) in [6.45, 7) is 2.57. The Morgan fingerprint density at radius 1 is 1.05 bits per heavy atom. The van der Waals surface area contributed by atoms with Crippen molar-refractivity contribution in [2.75, 3.05) is 6.79 Å². The van der Waals surface area contributed by atoms with Crippen molar-refractivity contribution in [2.45, 2.75) is 31.7 Å². The molecule has 2 amide bonds. The molecule has 3 aliphatic heterocycles. The quantitative estimate of drug-likeness (QED) is 0.531. The number of thioether (sulfide) groups is 1. The number of ether oxygens (including phenoxy) is 2. The van der Waals surface area contributed by atoms with Crippen LogP contribution < -0.4 is 14.8 Å². The minimum absolute atomic E-state index is 0.0402. The number of aryl methyl sites for hydroxylation is 1. The first-order valence-corrected chi connectivity index (χ1v) is 13.0. The molecule has 0 radical (unpaired) electrons. The highest BCUT2D eigenvalue weighted by atomic mass is 32.2. The fraction of sp³-hybridized carbons (Fsp3) is 0.214. The SMILES string of the molecule is Cc1ccc(CSC2=Nc3ccccc3C3=N[C@@H](CC(=O)NCc4ccc5c(c4)OCO5)C(=O)N23)cc1. The molecule has 0 aromatic heterocycles. The molecule has 3 aromatic carbocycles. The molecule has 0 saturated carbocycles. The summed E-state index contributed by atoms with van der Waals surface area (Å²) in [4.78, 5) is 37.3. The van der Waals surface area contributed by atoms with Gasteiger partial charge in [0.2, 0.25) is 12.7 Å². The summed E-state index contributed by atoms with van der Waals surface area (Å²) in [5, 5.41) is 3.46. The number of amides is 2. The Balaban J connectivity index is 1.16. The van der Waals surface area contributed by atoms with E-state index in [-0.39, 0.29) is 25.0 Å². The number of hydrogen-bond donors (Lipinski definition) is 1. The van der Waals surface area contributed by atoms with Crippen LogP contribution in [0.4, 0.5) is 5.69 Å². The zero-order valence-electron chi connectivity index (χ0n) is 20.1. The van der Waals surface area contributed by atoms with Crippen molar-refractivity contribution in [1.82, 2.24) is 10.2 Å². The Morgan fingerprint density at radius 2 is 1.84 bits per heavy atom. The molecule has 1 N–H and O–H groups in total.